The maximum Gasteiger partial charge on any atom is 0.133 e. The van der Waals surface area contributed by atoms with Crippen molar-refractivity contribution in [1.82, 2.24) is 4.90 Å². The maximum atomic E-state index is 11.5. The summed E-state index contributed by atoms with van der Waals surface area (Å²) < 4.78 is 0. The Kier molecular flexibility index (Phi) is 9.17. The van der Waals surface area contributed by atoms with Gasteiger partial charge in [0.05, 0.1) is 5.71 Å². The highest BCUT2D eigenvalue weighted by molar-refractivity contribution is 6.27. The molecule has 8 nitrogen and oxygen atoms in total. The Morgan fingerprint density at radius 3 is 2.14 bits per heavy atom. The van der Waals surface area contributed by atoms with Gasteiger partial charge < -0.3 is 26.9 Å². The number of phenolic OH excluding ortho intramolecular Hbond substituents is 1. The number of hydrogen-bond acceptors (Lipinski definition) is 7. The van der Waals surface area contributed by atoms with Crippen molar-refractivity contribution < 1.29 is 9.90 Å². The number of aromatic hydroxyl groups is 1. The fraction of sp³-hybridized carbons (Fsp3) is 0.370. The molecule has 4 rings (SSSR count). The summed E-state index contributed by atoms with van der Waals surface area (Å²) >= 11 is 0. The number of amidine groups is 1. The highest BCUT2D eigenvalue weighted by Gasteiger charge is 2.27. The van der Waals surface area contributed by atoms with Gasteiger partial charge in [-0.05, 0) is 55.8 Å². The zero-order valence-electron chi connectivity index (χ0n) is 20.3. The van der Waals surface area contributed by atoms with Gasteiger partial charge in [-0.3, -0.25) is 15.1 Å². The van der Waals surface area contributed by atoms with Crippen molar-refractivity contribution >= 4 is 28.6 Å². The van der Waals surface area contributed by atoms with Crippen molar-refractivity contribution in [2.24, 2.45) is 11.5 Å². The fourth-order valence-corrected chi connectivity index (χ4v) is 4.73. The average Bonchev–Trinajstić information content (AvgIpc) is 2.89. The number of phenols is 1. The number of anilines is 1. The number of allylic oxidation sites excluding steroid dienone is 1. The smallest absolute Gasteiger partial charge is 0.133 e. The molecule has 0 aromatic heterocycles. The monoisotopic (exact) mass is 476 g/mol. The molecule has 8 heteroatoms. The molecule has 2 aromatic carbocycles. The third-order valence-corrected chi connectivity index (χ3v) is 6.66. The summed E-state index contributed by atoms with van der Waals surface area (Å²) in [6.07, 6.45) is 4.95. The van der Waals surface area contributed by atoms with Crippen LogP contribution in [0.2, 0.25) is 0 Å². The molecule has 35 heavy (non-hydrogen) atoms. The molecule has 1 aliphatic carbocycles. The van der Waals surface area contributed by atoms with Crippen LogP contribution in [0.3, 0.4) is 0 Å². The summed E-state index contributed by atoms with van der Waals surface area (Å²) in [6, 6.07) is 15.1. The van der Waals surface area contributed by atoms with Crippen LogP contribution in [0.5, 0.6) is 5.75 Å². The van der Waals surface area contributed by atoms with E-state index in [0.717, 1.165) is 63.1 Å². The Morgan fingerprint density at radius 2 is 1.57 bits per heavy atom. The maximum absolute atomic E-state index is 11.5. The number of carbonyl (C=O) groups is 1. The highest BCUT2D eigenvalue weighted by Crippen LogP contribution is 2.26. The summed E-state index contributed by atoms with van der Waals surface area (Å²) in [5.41, 5.74) is 13.2. The minimum absolute atomic E-state index is 0.0240. The lowest BCUT2D eigenvalue weighted by molar-refractivity contribution is -0.121. The second kappa shape index (κ2) is 12.3. The number of carbonyl (C=O) groups excluding carboxylic acids is 1. The summed E-state index contributed by atoms with van der Waals surface area (Å²) in [6.45, 7) is 3.88. The van der Waals surface area contributed by atoms with Crippen LogP contribution in [0, 0.1) is 10.8 Å². The van der Waals surface area contributed by atoms with Crippen LogP contribution >= 0.6 is 0 Å². The van der Waals surface area contributed by atoms with Gasteiger partial charge in [0.25, 0.3) is 0 Å². The van der Waals surface area contributed by atoms with Crippen LogP contribution in [-0.4, -0.2) is 66.6 Å². The fourth-order valence-electron chi connectivity index (χ4n) is 4.73. The molecule has 0 unspecified atom stereocenters. The average molecular weight is 477 g/mol. The predicted molar refractivity (Wildman–Crippen MR) is 142 cm³/mol. The molecule has 1 saturated carbocycles. The number of piperazine rings is 1. The van der Waals surface area contributed by atoms with Crippen LogP contribution < -0.4 is 16.4 Å². The van der Waals surface area contributed by atoms with Gasteiger partial charge in [0.2, 0.25) is 0 Å². The number of benzene rings is 2. The number of nitrogens with two attached hydrogens (primary N) is 2. The van der Waals surface area contributed by atoms with Gasteiger partial charge in [0.15, 0.2) is 0 Å². The first-order chi connectivity index (χ1) is 16.9. The Bertz CT molecular complexity index is 1060. The standard InChI is InChI=1S/C26H31N5O2.CH5N/c27-24(22-3-1-2-4-25(22)33)17-23(26(28)29)18-5-7-19(8-6-18)30-13-15-31(16-14-30)20-9-11-21(32)12-10-20;1-2/h1-8,17,20,27,33H,9-16H2,(H3,28,29);2H2,1H3/b23-17-,27-24?;. The van der Waals surface area contributed by atoms with E-state index in [1.165, 1.54) is 19.2 Å². The topological polar surface area (TPSA) is 144 Å². The molecule has 0 bridgehead atoms. The van der Waals surface area contributed by atoms with Gasteiger partial charge in [0.1, 0.15) is 17.4 Å². The van der Waals surface area contributed by atoms with Gasteiger partial charge in [-0.15, -0.1) is 0 Å². The molecule has 0 spiro atoms. The Hall–Kier alpha value is -3.49. The zero-order valence-corrected chi connectivity index (χ0v) is 20.3. The summed E-state index contributed by atoms with van der Waals surface area (Å²) in [7, 11) is 1.50. The van der Waals surface area contributed by atoms with Gasteiger partial charge in [-0.2, -0.15) is 0 Å². The number of hydrogen-bond donors (Lipinski definition) is 5. The van der Waals surface area contributed by atoms with Crippen LogP contribution in [0.15, 0.2) is 54.6 Å². The van der Waals surface area contributed by atoms with E-state index in [0.29, 0.717) is 23.0 Å². The van der Waals surface area contributed by atoms with E-state index in [1.54, 1.807) is 18.2 Å². The lowest BCUT2D eigenvalue weighted by Gasteiger charge is -2.41. The highest BCUT2D eigenvalue weighted by atomic mass is 16.3. The third kappa shape index (κ3) is 6.55. The Balaban J connectivity index is 0.00000167. The first-order valence-corrected chi connectivity index (χ1v) is 12.0. The number of nitrogens with zero attached hydrogens (tertiary/aromatic N) is 2. The minimum Gasteiger partial charge on any atom is -0.507 e. The Morgan fingerprint density at radius 1 is 0.971 bits per heavy atom. The molecule has 2 fully saturated rings. The number of ketones is 1. The van der Waals surface area contributed by atoms with E-state index in [1.807, 2.05) is 24.3 Å². The second-order valence-corrected chi connectivity index (χ2v) is 8.74. The van der Waals surface area contributed by atoms with Crippen molar-refractivity contribution in [1.29, 1.82) is 10.8 Å². The van der Waals surface area contributed by atoms with E-state index < -0.39 is 0 Å². The molecular formula is C27H36N6O2. The second-order valence-electron chi connectivity index (χ2n) is 8.74. The number of nitrogens with one attached hydrogen (secondary N) is 2. The largest absolute Gasteiger partial charge is 0.507 e. The number of rotatable bonds is 6. The van der Waals surface area contributed by atoms with E-state index in [2.05, 4.69) is 15.5 Å². The van der Waals surface area contributed by atoms with Crippen molar-refractivity contribution in [3.63, 3.8) is 0 Å². The van der Waals surface area contributed by atoms with Crippen molar-refractivity contribution in [2.45, 2.75) is 31.7 Å². The first-order valence-electron chi connectivity index (χ1n) is 12.0. The molecule has 7 N–H and O–H groups in total. The van der Waals surface area contributed by atoms with Gasteiger partial charge >= 0.3 is 0 Å². The molecule has 0 amide bonds. The molecule has 186 valence electrons. The molecule has 2 aliphatic rings. The van der Waals surface area contributed by atoms with E-state index in [-0.39, 0.29) is 17.3 Å². The lowest BCUT2D eigenvalue weighted by Crippen LogP contribution is -2.51. The Labute approximate surface area is 207 Å². The molecule has 1 aliphatic heterocycles. The summed E-state index contributed by atoms with van der Waals surface area (Å²) in [4.78, 5) is 16.4. The molecule has 1 saturated heterocycles. The lowest BCUT2D eigenvalue weighted by atomic mass is 9.93. The molecule has 0 atom stereocenters. The van der Waals surface area contributed by atoms with Gasteiger partial charge in [-0.1, -0.05) is 24.3 Å². The zero-order chi connectivity index (χ0) is 25.4. The summed E-state index contributed by atoms with van der Waals surface area (Å²) in [5, 5.41) is 26.4. The third-order valence-electron chi connectivity index (χ3n) is 6.66. The number of para-hydroxylation sites is 1. The van der Waals surface area contributed by atoms with Crippen LogP contribution in [0.25, 0.3) is 5.57 Å². The van der Waals surface area contributed by atoms with E-state index in [4.69, 9.17) is 16.6 Å². The minimum atomic E-state index is -0.123. The van der Waals surface area contributed by atoms with Crippen LogP contribution in [-0.2, 0) is 4.79 Å². The summed E-state index contributed by atoms with van der Waals surface area (Å²) in [5.74, 6) is 0.304. The molecule has 2 aromatic rings. The van der Waals surface area contributed by atoms with Crippen molar-refractivity contribution in [2.75, 3.05) is 38.1 Å². The SMILES string of the molecule is CN.N=C(N)/C(=C\C(=N)c1ccccc1O)c1ccc(N2CCN(C3CCC(=O)CC3)CC2)cc1. The van der Waals surface area contributed by atoms with Crippen molar-refractivity contribution in [3.8, 4) is 5.75 Å². The van der Waals surface area contributed by atoms with Gasteiger partial charge in [-0.25, -0.2) is 0 Å². The number of Topliss-reactive ketones (excluding diaryl/α,β-unsaturated/α-hetero) is 1. The molecule has 1 heterocycles. The van der Waals surface area contributed by atoms with Gasteiger partial charge in [0, 0.05) is 61.9 Å². The van der Waals surface area contributed by atoms with Crippen LogP contribution in [0.1, 0.15) is 36.8 Å². The van der Waals surface area contributed by atoms with Crippen molar-refractivity contribution in [3.05, 3.63) is 65.7 Å². The molecule has 0 radical (unpaired) electrons. The predicted octanol–water partition coefficient (Wildman–Crippen LogP) is 2.99. The van der Waals surface area contributed by atoms with E-state index in [9.17, 15) is 9.90 Å². The van der Waals surface area contributed by atoms with Crippen LogP contribution in [0.4, 0.5) is 5.69 Å². The first kappa shape index (κ1) is 26.1. The quantitative estimate of drug-likeness (QED) is 0.320. The normalized spacial score (nSPS) is 17.5. The molecular weight excluding hydrogens is 440 g/mol. The van der Waals surface area contributed by atoms with E-state index >= 15 is 0 Å².